The Kier molecular flexibility index (Phi) is 5.80. The van der Waals surface area contributed by atoms with Crippen molar-refractivity contribution < 1.29 is 19.7 Å². The van der Waals surface area contributed by atoms with Crippen LogP contribution in [-0.2, 0) is 0 Å². The van der Waals surface area contributed by atoms with Crippen LogP contribution in [0.4, 0.5) is 5.69 Å². The highest BCUT2D eigenvalue weighted by molar-refractivity contribution is 7.80. The van der Waals surface area contributed by atoms with Gasteiger partial charge in [-0.1, -0.05) is 0 Å². The summed E-state index contributed by atoms with van der Waals surface area (Å²) in [6.45, 7) is 0. The highest BCUT2D eigenvalue weighted by atomic mass is 32.1. The fraction of sp³-hybridized carbons (Fsp3) is 0.125. The van der Waals surface area contributed by atoms with Gasteiger partial charge in [0.25, 0.3) is 0 Å². The molecule has 0 fully saturated rings. The van der Waals surface area contributed by atoms with Crippen LogP contribution in [0.3, 0.4) is 0 Å². The van der Waals surface area contributed by atoms with Crippen LogP contribution in [0, 0.1) is 0 Å². The molecule has 0 spiro atoms. The highest BCUT2D eigenvalue weighted by Crippen LogP contribution is 2.29. The molecule has 0 atom stereocenters. The molecule has 0 saturated heterocycles. The van der Waals surface area contributed by atoms with Gasteiger partial charge in [-0.25, -0.2) is 0 Å². The Morgan fingerprint density at radius 3 is 2.50 bits per heavy atom. The van der Waals surface area contributed by atoms with E-state index in [4.69, 9.17) is 21.7 Å². The number of hydrazone groups is 1. The Balaban J connectivity index is 1.97. The first-order chi connectivity index (χ1) is 11.5. The quantitative estimate of drug-likeness (QED) is 0.375. The Hall–Kier alpha value is -3.00. The Morgan fingerprint density at radius 2 is 1.83 bits per heavy atom. The largest absolute Gasteiger partial charge is 0.508 e. The monoisotopic (exact) mass is 347 g/mol. The van der Waals surface area contributed by atoms with Crippen LogP contribution in [0.5, 0.6) is 23.0 Å². The molecule has 4 N–H and O–H groups in total. The summed E-state index contributed by atoms with van der Waals surface area (Å²) in [5, 5.41) is 26.0. The van der Waals surface area contributed by atoms with Crippen LogP contribution in [0.25, 0.3) is 0 Å². The standard InChI is InChI=1S/C16H17N3O4S/c1-22-14-6-4-11(7-15(14)23-2)18-16(24)19-17-9-10-3-5-12(20)8-13(10)21/h3-9,20-21H,1-2H3,(H2,18,19,24)/b17-9+. The normalized spacial score (nSPS) is 10.4. The van der Waals surface area contributed by atoms with E-state index in [9.17, 15) is 10.2 Å². The molecule has 0 radical (unpaired) electrons. The first-order valence-corrected chi connectivity index (χ1v) is 7.28. The van der Waals surface area contributed by atoms with Crippen LogP contribution in [-0.4, -0.2) is 35.8 Å². The molecular weight excluding hydrogens is 330 g/mol. The number of hydrogen-bond donors (Lipinski definition) is 4. The maximum atomic E-state index is 9.65. The van der Waals surface area contributed by atoms with E-state index in [0.717, 1.165) is 0 Å². The number of phenols is 2. The van der Waals surface area contributed by atoms with Gasteiger partial charge >= 0.3 is 0 Å². The van der Waals surface area contributed by atoms with Crippen molar-refractivity contribution in [3.63, 3.8) is 0 Å². The van der Waals surface area contributed by atoms with E-state index in [1.807, 2.05) is 0 Å². The van der Waals surface area contributed by atoms with Crippen LogP contribution in [0.15, 0.2) is 41.5 Å². The number of methoxy groups -OCH3 is 2. The second-order valence-corrected chi connectivity index (χ2v) is 5.05. The smallest absolute Gasteiger partial charge is 0.191 e. The summed E-state index contributed by atoms with van der Waals surface area (Å²) in [6.07, 6.45) is 1.39. The summed E-state index contributed by atoms with van der Waals surface area (Å²) < 4.78 is 10.4. The minimum absolute atomic E-state index is 0.0248. The summed E-state index contributed by atoms with van der Waals surface area (Å²) in [5.41, 5.74) is 3.77. The van der Waals surface area contributed by atoms with Gasteiger partial charge in [-0.2, -0.15) is 5.10 Å². The summed E-state index contributed by atoms with van der Waals surface area (Å²) in [6, 6.07) is 9.47. The zero-order chi connectivity index (χ0) is 17.5. The number of nitrogens with zero attached hydrogens (tertiary/aromatic N) is 1. The summed E-state index contributed by atoms with van der Waals surface area (Å²) in [5.74, 6) is 1.08. The molecule has 0 bridgehead atoms. The first kappa shape index (κ1) is 17.4. The molecule has 0 unspecified atom stereocenters. The van der Waals surface area contributed by atoms with Crippen molar-refractivity contribution in [3.8, 4) is 23.0 Å². The average Bonchev–Trinajstić information content (AvgIpc) is 2.56. The molecule has 24 heavy (non-hydrogen) atoms. The van der Waals surface area contributed by atoms with Gasteiger partial charge in [0.15, 0.2) is 16.6 Å². The first-order valence-electron chi connectivity index (χ1n) is 6.87. The molecule has 0 heterocycles. The van der Waals surface area contributed by atoms with E-state index in [0.29, 0.717) is 22.7 Å². The summed E-state index contributed by atoms with van der Waals surface area (Å²) >= 11 is 5.14. The van der Waals surface area contributed by atoms with Gasteiger partial charge < -0.3 is 25.0 Å². The third-order valence-electron chi connectivity index (χ3n) is 3.03. The van der Waals surface area contributed by atoms with E-state index >= 15 is 0 Å². The molecule has 0 aliphatic rings. The average molecular weight is 347 g/mol. The number of ether oxygens (including phenoxy) is 2. The van der Waals surface area contributed by atoms with Crippen molar-refractivity contribution in [2.75, 3.05) is 19.5 Å². The van der Waals surface area contributed by atoms with Crippen molar-refractivity contribution in [2.24, 2.45) is 5.10 Å². The molecule has 0 aromatic heterocycles. The molecule has 2 rings (SSSR count). The molecule has 2 aromatic rings. The highest BCUT2D eigenvalue weighted by Gasteiger charge is 2.05. The molecule has 0 amide bonds. The van der Waals surface area contributed by atoms with Gasteiger partial charge in [0.1, 0.15) is 11.5 Å². The molecule has 7 nitrogen and oxygen atoms in total. The lowest BCUT2D eigenvalue weighted by Gasteiger charge is -2.11. The number of rotatable bonds is 5. The van der Waals surface area contributed by atoms with E-state index < -0.39 is 0 Å². The van der Waals surface area contributed by atoms with Crippen LogP contribution in [0.2, 0.25) is 0 Å². The lowest BCUT2D eigenvalue weighted by molar-refractivity contribution is 0.355. The predicted molar refractivity (Wildman–Crippen MR) is 96.3 cm³/mol. The Bertz CT molecular complexity index is 765. The van der Waals surface area contributed by atoms with Gasteiger partial charge in [0, 0.05) is 23.4 Å². The second kappa shape index (κ2) is 8.02. The van der Waals surface area contributed by atoms with Crippen molar-refractivity contribution in [1.82, 2.24) is 5.43 Å². The van der Waals surface area contributed by atoms with E-state index in [1.54, 1.807) is 32.4 Å². The third kappa shape index (κ3) is 4.50. The second-order valence-electron chi connectivity index (χ2n) is 4.64. The minimum atomic E-state index is -0.0840. The van der Waals surface area contributed by atoms with E-state index in [-0.39, 0.29) is 16.6 Å². The minimum Gasteiger partial charge on any atom is -0.508 e. The van der Waals surface area contributed by atoms with Crippen molar-refractivity contribution >= 4 is 29.2 Å². The maximum absolute atomic E-state index is 9.65. The fourth-order valence-corrected chi connectivity index (χ4v) is 2.05. The molecule has 126 valence electrons. The molecule has 0 aliphatic carbocycles. The van der Waals surface area contributed by atoms with E-state index in [2.05, 4.69) is 15.8 Å². The zero-order valence-electron chi connectivity index (χ0n) is 13.1. The predicted octanol–water partition coefficient (Wildman–Crippen LogP) is 2.44. The lowest BCUT2D eigenvalue weighted by atomic mass is 10.2. The number of phenolic OH excluding ortho intramolecular Hbond substituents is 2. The molecule has 0 saturated carbocycles. The third-order valence-corrected chi connectivity index (χ3v) is 3.22. The molecule has 8 heteroatoms. The number of nitrogens with one attached hydrogen (secondary N) is 2. The number of benzene rings is 2. The van der Waals surface area contributed by atoms with Gasteiger partial charge in [0.2, 0.25) is 0 Å². The Labute approximate surface area is 144 Å². The van der Waals surface area contributed by atoms with Crippen LogP contribution < -0.4 is 20.2 Å². The maximum Gasteiger partial charge on any atom is 0.191 e. The number of hydrogen-bond acceptors (Lipinski definition) is 6. The topological polar surface area (TPSA) is 95.3 Å². The lowest BCUT2D eigenvalue weighted by Crippen LogP contribution is -2.23. The van der Waals surface area contributed by atoms with Crippen molar-refractivity contribution in [2.45, 2.75) is 0 Å². The van der Waals surface area contributed by atoms with Gasteiger partial charge in [0.05, 0.1) is 20.4 Å². The number of thiocarbonyl (C=S) groups is 1. The van der Waals surface area contributed by atoms with Gasteiger partial charge in [-0.3, -0.25) is 5.43 Å². The van der Waals surface area contributed by atoms with E-state index in [1.165, 1.54) is 24.4 Å². The van der Waals surface area contributed by atoms with Gasteiger partial charge in [-0.05, 0) is 36.5 Å². The molecule has 2 aromatic carbocycles. The van der Waals surface area contributed by atoms with Gasteiger partial charge in [-0.15, -0.1) is 0 Å². The van der Waals surface area contributed by atoms with Crippen LogP contribution >= 0.6 is 12.2 Å². The fourth-order valence-electron chi connectivity index (χ4n) is 1.87. The number of aromatic hydroxyl groups is 2. The zero-order valence-corrected chi connectivity index (χ0v) is 13.9. The molecule has 0 aliphatic heterocycles. The number of anilines is 1. The molecular formula is C16H17N3O4S. The summed E-state index contributed by atoms with van der Waals surface area (Å²) in [4.78, 5) is 0. The SMILES string of the molecule is COc1ccc(NC(=S)N/N=C/c2ccc(O)cc2O)cc1OC. The van der Waals surface area contributed by atoms with Crippen molar-refractivity contribution in [3.05, 3.63) is 42.0 Å². The van der Waals surface area contributed by atoms with Crippen molar-refractivity contribution in [1.29, 1.82) is 0 Å². The summed E-state index contributed by atoms with van der Waals surface area (Å²) in [7, 11) is 3.11. The Morgan fingerprint density at radius 1 is 1.08 bits per heavy atom. The van der Waals surface area contributed by atoms with Crippen LogP contribution in [0.1, 0.15) is 5.56 Å².